The van der Waals surface area contributed by atoms with Crippen molar-refractivity contribution in [1.29, 1.82) is 0 Å². The number of amides is 2. The Morgan fingerprint density at radius 1 is 1.48 bits per heavy atom. The van der Waals surface area contributed by atoms with Gasteiger partial charge in [0, 0.05) is 20.7 Å². The van der Waals surface area contributed by atoms with Crippen molar-refractivity contribution in [2.45, 2.75) is 40.0 Å². The van der Waals surface area contributed by atoms with Gasteiger partial charge in [0.1, 0.15) is 25.3 Å². The highest BCUT2D eigenvalue weighted by atomic mass is 16.5. The first kappa shape index (κ1) is 18.8. The normalized spacial score (nSPS) is 12.4. The third-order valence-corrected chi connectivity index (χ3v) is 3.75. The van der Waals surface area contributed by atoms with Crippen LogP contribution in [-0.2, 0) is 24.9 Å². The van der Waals surface area contributed by atoms with Gasteiger partial charge in [0.15, 0.2) is 5.82 Å². The number of urea groups is 1. The monoisotopic (exact) mass is 351 g/mol. The van der Waals surface area contributed by atoms with Crippen LogP contribution in [-0.4, -0.2) is 49.5 Å². The summed E-state index contributed by atoms with van der Waals surface area (Å²) in [4.78, 5) is 22.7. The third-order valence-electron chi connectivity index (χ3n) is 3.75. The molecule has 0 aliphatic carbocycles. The summed E-state index contributed by atoms with van der Waals surface area (Å²) in [5.41, 5.74) is 0. The summed E-state index contributed by atoms with van der Waals surface area (Å²) in [5.74, 6) is 1.68. The Kier molecular flexibility index (Phi) is 6.45. The van der Waals surface area contributed by atoms with Gasteiger partial charge in [-0.3, -0.25) is 4.68 Å². The molecule has 10 nitrogen and oxygen atoms in total. The molecule has 0 fully saturated rings. The van der Waals surface area contributed by atoms with Gasteiger partial charge < -0.3 is 19.5 Å². The first-order chi connectivity index (χ1) is 12.0. The number of aromatic nitrogens is 5. The second-order valence-corrected chi connectivity index (χ2v) is 5.96. The van der Waals surface area contributed by atoms with E-state index in [2.05, 4.69) is 25.5 Å². The number of carbonyl (C=O) groups excluding carboxylic acids is 1. The van der Waals surface area contributed by atoms with Crippen LogP contribution in [0.5, 0.6) is 0 Å². The zero-order valence-corrected chi connectivity index (χ0v) is 15.3. The molecule has 25 heavy (non-hydrogen) atoms. The Morgan fingerprint density at radius 3 is 2.80 bits per heavy atom. The summed E-state index contributed by atoms with van der Waals surface area (Å²) in [6.07, 6.45) is 1.48. The molecule has 0 aromatic carbocycles. The summed E-state index contributed by atoms with van der Waals surface area (Å²) in [5, 5.41) is 10.9. The number of nitrogens with zero attached hydrogens (tertiary/aromatic N) is 6. The second-order valence-electron chi connectivity index (χ2n) is 5.96. The van der Waals surface area contributed by atoms with E-state index >= 15 is 0 Å². The summed E-state index contributed by atoms with van der Waals surface area (Å²) in [6.45, 7) is 6.91. The lowest BCUT2D eigenvalue weighted by Gasteiger charge is -2.26. The quantitative estimate of drug-likeness (QED) is 0.762. The number of ether oxygens (including phenoxy) is 1. The van der Waals surface area contributed by atoms with Crippen LogP contribution in [0, 0.1) is 5.92 Å². The maximum atomic E-state index is 12.7. The molecular weight excluding hydrogens is 326 g/mol. The second kappa shape index (κ2) is 8.56. The number of carbonyl (C=O) groups is 1. The van der Waals surface area contributed by atoms with Crippen molar-refractivity contribution in [3.63, 3.8) is 0 Å². The highest BCUT2D eigenvalue weighted by Crippen LogP contribution is 2.19. The van der Waals surface area contributed by atoms with E-state index in [9.17, 15) is 4.79 Å². The molecule has 0 saturated carbocycles. The van der Waals surface area contributed by atoms with Crippen molar-refractivity contribution in [2.24, 2.45) is 13.0 Å². The van der Waals surface area contributed by atoms with Crippen molar-refractivity contribution in [2.75, 3.05) is 13.7 Å². The van der Waals surface area contributed by atoms with Gasteiger partial charge in [-0.15, -0.1) is 0 Å². The van der Waals surface area contributed by atoms with Crippen LogP contribution < -0.4 is 5.32 Å². The Labute approximate surface area is 146 Å². The van der Waals surface area contributed by atoms with Crippen LogP contribution in [0.2, 0.25) is 0 Å². The first-order valence-electron chi connectivity index (χ1n) is 8.16. The van der Waals surface area contributed by atoms with Crippen LogP contribution in [0.1, 0.15) is 44.4 Å². The van der Waals surface area contributed by atoms with Gasteiger partial charge in [-0.25, -0.2) is 9.78 Å². The van der Waals surface area contributed by atoms with E-state index in [0.717, 1.165) is 0 Å². The molecular formula is C15H25N7O3. The summed E-state index contributed by atoms with van der Waals surface area (Å²) in [6, 6.07) is -0.475. The molecule has 0 radical (unpaired) electrons. The maximum Gasteiger partial charge on any atom is 0.318 e. The molecule has 0 saturated heterocycles. The standard InChI is InChI=1S/C15H25N7O3/c1-6-22(7-12-18-11(8-24-5)20-25-12)15(23)19-13(10(2)3)14-16-9-17-21(14)4/h9-10,13H,6-8H2,1-5H3,(H,19,23)/t13-/m0/s1. The summed E-state index contributed by atoms with van der Waals surface area (Å²) in [7, 11) is 3.36. The molecule has 138 valence electrons. The fraction of sp³-hybridized carbons (Fsp3) is 0.667. The van der Waals surface area contributed by atoms with Crippen LogP contribution in [0.25, 0.3) is 0 Å². The number of methoxy groups -OCH3 is 1. The zero-order valence-electron chi connectivity index (χ0n) is 15.3. The predicted molar refractivity (Wildman–Crippen MR) is 88.2 cm³/mol. The van der Waals surface area contributed by atoms with E-state index < -0.39 is 0 Å². The Hall–Kier alpha value is -2.49. The van der Waals surface area contributed by atoms with E-state index in [-0.39, 0.29) is 31.1 Å². The molecule has 2 amide bonds. The minimum absolute atomic E-state index is 0.155. The molecule has 0 spiro atoms. The van der Waals surface area contributed by atoms with Gasteiger partial charge in [0.2, 0.25) is 5.89 Å². The third kappa shape index (κ3) is 4.75. The molecule has 0 bridgehead atoms. The van der Waals surface area contributed by atoms with Crippen molar-refractivity contribution < 1.29 is 14.1 Å². The van der Waals surface area contributed by atoms with Crippen LogP contribution in [0.15, 0.2) is 10.9 Å². The van der Waals surface area contributed by atoms with Crippen molar-refractivity contribution in [1.82, 2.24) is 35.1 Å². The number of aryl methyl sites for hydroxylation is 1. The van der Waals surface area contributed by atoms with Gasteiger partial charge in [-0.1, -0.05) is 19.0 Å². The lowest BCUT2D eigenvalue weighted by molar-refractivity contribution is 0.173. The van der Waals surface area contributed by atoms with Gasteiger partial charge in [-0.05, 0) is 12.8 Å². The number of hydrogen-bond acceptors (Lipinski definition) is 7. The van der Waals surface area contributed by atoms with Crippen molar-refractivity contribution >= 4 is 6.03 Å². The summed E-state index contributed by atoms with van der Waals surface area (Å²) < 4.78 is 11.8. The smallest absolute Gasteiger partial charge is 0.318 e. The number of hydrogen-bond donors (Lipinski definition) is 1. The Balaban J connectivity index is 2.05. The van der Waals surface area contributed by atoms with Gasteiger partial charge in [0.25, 0.3) is 0 Å². The number of nitrogens with one attached hydrogen (secondary N) is 1. The molecule has 0 aliphatic rings. The molecule has 2 heterocycles. The first-order valence-corrected chi connectivity index (χ1v) is 8.16. The van der Waals surface area contributed by atoms with E-state index in [1.807, 2.05) is 20.8 Å². The fourth-order valence-corrected chi connectivity index (χ4v) is 2.37. The van der Waals surface area contributed by atoms with Gasteiger partial charge >= 0.3 is 6.03 Å². The largest absolute Gasteiger partial charge is 0.377 e. The van der Waals surface area contributed by atoms with E-state index in [4.69, 9.17) is 9.26 Å². The molecule has 0 aliphatic heterocycles. The summed E-state index contributed by atoms with van der Waals surface area (Å²) >= 11 is 0. The lowest BCUT2D eigenvalue weighted by Crippen LogP contribution is -2.43. The van der Waals surface area contributed by atoms with Crippen LogP contribution >= 0.6 is 0 Å². The molecule has 1 atom stereocenters. The fourth-order valence-electron chi connectivity index (χ4n) is 2.37. The minimum Gasteiger partial charge on any atom is -0.377 e. The molecule has 0 unspecified atom stereocenters. The van der Waals surface area contributed by atoms with Crippen LogP contribution in [0.3, 0.4) is 0 Å². The van der Waals surface area contributed by atoms with E-state index in [1.165, 1.54) is 6.33 Å². The topological polar surface area (TPSA) is 111 Å². The lowest BCUT2D eigenvalue weighted by atomic mass is 10.0. The zero-order chi connectivity index (χ0) is 18.4. The Morgan fingerprint density at radius 2 is 2.24 bits per heavy atom. The number of rotatable bonds is 8. The van der Waals surface area contributed by atoms with E-state index in [1.54, 1.807) is 23.7 Å². The molecule has 10 heteroatoms. The average molecular weight is 351 g/mol. The van der Waals surface area contributed by atoms with E-state index in [0.29, 0.717) is 24.1 Å². The van der Waals surface area contributed by atoms with Crippen LogP contribution in [0.4, 0.5) is 4.79 Å². The van der Waals surface area contributed by atoms with Gasteiger partial charge in [0.05, 0.1) is 6.04 Å². The Bertz CT molecular complexity index is 682. The minimum atomic E-state index is -0.249. The predicted octanol–water partition coefficient (Wildman–Crippen LogP) is 1.27. The molecule has 2 rings (SSSR count). The molecule has 2 aromatic heterocycles. The molecule has 2 aromatic rings. The van der Waals surface area contributed by atoms with Crippen molar-refractivity contribution in [3.8, 4) is 0 Å². The maximum absolute atomic E-state index is 12.7. The molecule has 1 N–H and O–H groups in total. The highest BCUT2D eigenvalue weighted by molar-refractivity contribution is 5.74. The van der Waals surface area contributed by atoms with Gasteiger partial charge in [-0.2, -0.15) is 10.1 Å². The SMILES string of the molecule is CCN(Cc1nc(COC)no1)C(=O)N[C@H](c1ncnn1C)C(C)C. The average Bonchev–Trinajstić information content (AvgIpc) is 3.19. The van der Waals surface area contributed by atoms with Crippen molar-refractivity contribution in [3.05, 3.63) is 23.9 Å². The highest BCUT2D eigenvalue weighted by Gasteiger charge is 2.25.